The minimum atomic E-state index is 0.537. The number of aromatic nitrogens is 3. The van der Waals surface area contributed by atoms with Crippen molar-refractivity contribution in [1.82, 2.24) is 19.9 Å². The summed E-state index contributed by atoms with van der Waals surface area (Å²) in [4.78, 5) is 15.5. The summed E-state index contributed by atoms with van der Waals surface area (Å²) in [5.41, 5.74) is 3.87. The normalized spacial score (nSPS) is 10.6. The van der Waals surface area contributed by atoms with E-state index in [0.29, 0.717) is 18.4 Å². The summed E-state index contributed by atoms with van der Waals surface area (Å²) in [5, 5.41) is 3.30. The number of ether oxygens (including phenoxy) is 1. The molecule has 0 bridgehead atoms. The maximum atomic E-state index is 5.65. The van der Waals surface area contributed by atoms with E-state index in [4.69, 9.17) is 4.74 Å². The zero-order chi connectivity index (χ0) is 21.2. The van der Waals surface area contributed by atoms with Gasteiger partial charge in [-0.15, -0.1) is 13.2 Å². The average Bonchev–Trinajstić information content (AvgIpc) is 2.75. The molecule has 1 aromatic carbocycles. The molecule has 3 rings (SSSR count). The maximum Gasteiger partial charge on any atom is 0.227 e. The first-order valence-corrected chi connectivity index (χ1v) is 9.86. The zero-order valence-electron chi connectivity index (χ0n) is 17.3. The Morgan fingerprint density at radius 1 is 1.07 bits per heavy atom. The van der Waals surface area contributed by atoms with Crippen LogP contribution in [0.5, 0.6) is 5.88 Å². The van der Waals surface area contributed by atoms with Crippen molar-refractivity contribution in [3.63, 3.8) is 0 Å². The molecule has 3 aromatic rings. The van der Waals surface area contributed by atoms with Crippen molar-refractivity contribution in [2.45, 2.75) is 13.0 Å². The number of benzene rings is 1. The Kier molecular flexibility index (Phi) is 7.69. The van der Waals surface area contributed by atoms with Crippen molar-refractivity contribution in [2.24, 2.45) is 0 Å². The van der Waals surface area contributed by atoms with Crippen molar-refractivity contribution in [3.8, 4) is 17.1 Å². The Balaban J connectivity index is 1.72. The molecule has 2 heterocycles. The van der Waals surface area contributed by atoms with Gasteiger partial charge in [-0.1, -0.05) is 24.3 Å². The highest BCUT2D eigenvalue weighted by atomic mass is 16.5. The van der Waals surface area contributed by atoms with Crippen LogP contribution in [0.4, 0.5) is 11.6 Å². The fourth-order valence-corrected chi connectivity index (χ4v) is 2.95. The third-order valence-electron chi connectivity index (χ3n) is 4.33. The monoisotopic (exact) mass is 401 g/mol. The smallest absolute Gasteiger partial charge is 0.227 e. The summed E-state index contributed by atoms with van der Waals surface area (Å²) < 4.78 is 5.65. The van der Waals surface area contributed by atoms with E-state index >= 15 is 0 Å². The fraction of sp³-hybridized carbons (Fsp3) is 0.208. The molecule has 0 aliphatic carbocycles. The Morgan fingerprint density at radius 2 is 1.93 bits per heavy atom. The predicted molar refractivity (Wildman–Crippen MR) is 122 cm³/mol. The third-order valence-corrected chi connectivity index (χ3v) is 4.33. The van der Waals surface area contributed by atoms with Gasteiger partial charge in [0.1, 0.15) is 0 Å². The van der Waals surface area contributed by atoms with Crippen LogP contribution in [0, 0.1) is 0 Å². The quantitative estimate of drug-likeness (QED) is 0.366. The molecule has 1 N–H and O–H groups in total. The van der Waals surface area contributed by atoms with Gasteiger partial charge < -0.3 is 10.1 Å². The molecule has 6 nitrogen and oxygen atoms in total. The molecule has 0 atom stereocenters. The second kappa shape index (κ2) is 10.9. The molecule has 0 amide bonds. The summed E-state index contributed by atoms with van der Waals surface area (Å²) in [6, 6.07) is 13.9. The van der Waals surface area contributed by atoms with Gasteiger partial charge in [0.15, 0.2) is 0 Å². The number of anilines is 2. The van der Waals surface area contributed by atoms with Gasteiger partial charge in [-0.3, -0.25) is 4.90 Å². The molecule has 0 saturated carbocycles. The molecular formula is C24H27N5O. The van der Waals surface area contributed by atoms with Crippen LogP contribution >= 0.6 is 0 Å². The predicted octanol–water partition coefficient (Wildman–Crippen LogP) is 4.85. The lowest BCUT2D eigenvalue weighted by atomic mass is 10.2. The van der Waals surface area contributed by atoms with Gasteiger partial charge in [-0.25, -0.2) is 15.0 Å². The summed E-state index contributed by atoms with van der Waals surface area (Å²) >= 11 is 0. The highest BCUT2D eigenvalue weighted by Gasteiger charge is 2.06. The largest absolute Gasteiger partial charge is 0.477 e. The summed E-state index contributed by atoms with van der Waals surface area (Å²) in [6.07, 6.45) is 7.95. The second-order valence-corrected chi connectivity index (χ2v) is 6.88. The molecule has 0 aliphatic heterocycles. The van der Waals surface area contributed by atoms with E-state index in [9.17, 15) is 0 Å². The number of hydrogen-bond acceptors (Lipinski definition) is 6. The van der Waals surface area contributed by atoms with E-state index in [0.717, 1.165) is 36.5 Å². The molecule has 30 heavy (non-hydrogen) atoms. The lowest BCUT2D eigenvalue weighted by Crippen LogP contribution is -2.17. The van der Waals surface area contributed by atoms with Crippen molar-refractivity contribution in [3.05, 3.63) is 85.7 Å². The van der Waals surface area contributed by atoms with E-state index in [2.05, 4.69) is 57.5 Å². The number of hydrogen-bond donors (Lipinski definition) is 1. The van der Waals surface area contributed by atoms with E-state index in [1.807, 2.05) is 42.5 Å². The van der Waals surface area contributed by atoms with Gasteiger partial charge in [0.2, 0.25) is 11.8 Å². The lowest BCUT2D eigenvalue weighted by molar-refractivity contribution is 0.312. The lowest BCUT2D eigenvalue weighted by Gasteiger charge is -2.15. The average molecular weight is 402 g/mol. The highest BCUT2D eigenvalue weighted by Crippen LogP contribution is 2.22. The highest BCUT2D eigenvalue weighted by molar-refractivity contribution is 5.62. The van der Waals surface area contributed by atoms with Crippen molar-refractivity contribution >= 4 is 11.6 Å². The Labute approximate surface area is 178 Å². The van der Waals surface area contributed by atoms with Crippen LogP contribution in [0.15, 0.2) is 80.2 Å². The van der Waals surface area contributed by atoms with Crippen LogP contribution in [0.1, 0.15) is 12.0 Å². The topological polar surface area (TPSA) is 63.2 Å². The van der Waals surface area contributed by atoms with Gasteiger partial charge in [-0.05, 0) is 43.3 Å². The summed E-state index contributed by atoms with van der Waals surface area (Å²) in [6.45, 7) is 9.72. The van der Waals surface area contributed by atoms with Crippen LogP contribution in [0.2, 0.25) is 0 Å². The van der Waals surface area contributed by atoms with Gasteiger partial charge in [-0.2, -0.15) is 0 Å². The second-order valence-electron chi connectivity index (χ2n) is 6.88. The first-order valence-electron chi connectivity index (χ1n) is 9.86. The van der Waals surface area contributed by atoms with Gasteiger partial charge >= 0.3 is 0 Å². The first-order chi connectivity index (χ1) is 14.7. The molecule has 2 aromatic heterocycles. The van der Waals surface area contributed by atoms with Crippen molar-refractivity contribution in [1.29, 1.82) is 0 Å². The molecule has 0 radical (unpaired) electrons. The van der Waals surface area contributed by atoms with E-state index in [1.165, 1.54) is 5.56 Å². The summed E-state index contributed by atoms with van der Waals surface area (Å²) in [5.74, 6) is 1.11. The van der Waals surface area contributed by atoms with E-state index in [1.54, 1.807) is 12.4 Å². The summed E-state index contributed by atoms with van der Waals surface area (Å²) in [7, 11) is 2.07. The molecule has 154 valence electrons. The van der Waals surface area contributed by atoms with Gasteiger partial charge in [0, 0.05) is 42.8 Å². The first kappa shape index (κ1) is 21.2. The Hall–Kier alpha value is -3.51. The van der Waals surface area contributed by atoms with Crippen LogP contribution in [0.25, 0.3) is 11.3 Å². The van der Waals surface area contributed by atoms with Crippen LogP contribution in [0.3, 0.4) is 0 Å². The molecule has 0 fully saturated rings. The van der Waals surface area contributed by atoms with Crippen molar-refractivity contribution in [2.75, 3.05) is 25.5 Å². The SMILES string of the molecule is C=CCCOc1cc(-c2ccnc(Nc3cccc(CN(C)CC=C)c3)n2)ccn1. The standard InChI is InChI=1S/C24H27N5O/c1-4-6-15-30-23-17-20(10-12-25-23)22-11-13-26-24(28-22)27-21-9-7-8-19(16-21)18-29(3)14-5-2/h4-5,7-13,16-17H,1-2,6,14-15,18H2,3H3,(H,26,27,28). The molecule has 0 unspecified atom stereocenters. The molecular weight excluding hydrogens is 374 g/mol. The van der Waals surface area contributed by atoms with Gasteiger partial charge in [0.25, 0.3) is 0 Å². The number of nitrogens with one attached hydrogen (secondary N) is 1. The number of likely N-dealkylation sites (N-methyl/N-ethyl adjacent to an activating group) is 1. The maximum absolute atomic E-state index is 5.65. The third kappa shape index (κ3) is 6.25. The minimum Gasteiger partial charge on any atom is -0.477 e. The molecule has 0 saturated heterocycles. The number of pyridine rings is 1. The van der Waals surface area contributed by atoms with Crippen LogP contribution < -0.4 is 10.1 Å². The van der Waals surface area contributed by atoms with Crippen LogP contribution in [-0.4, -0.2) is 40.1 Å². The number of nitrogens with zero attached hydrogens (tertiary/aromatic N) is 4. The molecule has 6 heteroatoms. The van der Waals surface area contributed by atoms with Crippen LogP contribution in [-0.2, 0) is 6.54 Å². The van der Waals surface area contributed by atoms with E-state index < -0.39 is 0 Å². The Morgan fingerprint density at radius 3 is 2.77 bits per heavy atom. The molecule has 0 spiro atoms. The Bertz CT molecular complexity index is 989. The van der Waals surface area contributed by atoms with Crippen molar-refractivity contribution < 1.29 is 4.74 Å². The van der Waals surface area contributed by atoms with Gasteiger partial charge in [0.05, 0.1) is 12.3 Å². The fourth-order valence-electron chi connectivity index (χ4n) is 2.95. The van der Waals surface area contributed by atoms with E-state index in [-0.39, 0.29) is 0 Å². The zero-order valence-corrected chi connectivity index (χ0v) is 17.3. The molecule has 0 aliphatic rings. The number of rotatable bonds is 11. The minimum absolute atomic E-state index is 0.537.